The Morgan fingerprint density at radius 2 is 1.71 bits per heavy atom. The van der Waals surface area contributed by atoms with Crippen LogP contribution in [0.3, 0.4) is 0 Å². The molecular formula is C27H28N4O3. The summed E-state index contributed by atoms with van der Waals surface area (Å²) in [4.78, 5) is 25.8. The van der Waals surface area contributed by atoms with Gasteiger partial charge in [0.2, 0.25) is 17.5 Å². The molecule has 34 heavy (non-hydrogen) atoms. The second-order valence-corrected chi connectivity index (χ2v) is 8.63. The van der Waals surface area contributed by atoms with E-state index in [0.29, 0.717) is 10.4 Å². The Balaban J connectivity index is 1.73. The first-order valence-corrected chi connectivity index (χ1v) is 11.2. The topological polar surface area (TPSA) is 87.5 Å². The zero-order chi connectivity index (χ0) is 24.4. The highest BCUT2D eigenvalue weighted by Gasteiger charge is 2.32. The number of benzene rings is 3. The number of amides is 2. The second-order valence-electron chi connectivity index (χ2n) is 8.63. The van der Waals surface area contributed by atoms with Crippen molar-refractivity contribution in [3.8, 4) is 11.1 Å². The van der Waals surface area contributed by atoms with Gasteiger partial charge in [-0.1, -0.05) is 18.2 Å². The molecule has 4 rings (SSSR count). The Kier molecular flexibility index (Phi) is 6.36. The van der Waals surface area contributed by atoms with Crippen LogP contribution in [-0.4, -0.2) is 29.3 Å². The summed E-state index contributed by atoms with van der Waals surface area (Å²) in [6.45, 7) is 8.49. The Morgan fingerprint density at radius 3 is 2.35 bits per heavy atom. The van der Waals surface area contributed by atoms with Crippen molar-refractivity contribution in [3.05, 3.63) is 77.5 Å². The first kappa shape index (κ1) is 23.0. The molecule has 2 N–H and O–H groups in total. The lowest BCUT2D eigenvalue weighted by molar-refractivity contribution is -0.349. The Bertz CT molecular complexity index is 1250. The first-order valence-electron chi connectivity index (χ1n) is 11.2. The van der Waals surface area contributed by atoms with E-state index in [1.807, 2.05) is 60.4 Å². The van der Waals surface area contributed by atoms with Gasteiger partial charge in [-0.25, -0.2) is 0 Å². The van der Waals surface area contributed by atoms with Crippen LogP contribution < -0.4 is 15.5 Å². The monoisotopic (exact) mass is 456 g/mol. The summed E-state index contributed by atoms with van der Waals surface area (Å²) in [5, 5.41) is 17.8. The third kappa shape index (κ3) is 4.78. The molecule has 1 aliphatic heterocycles. The molecule has 0 saturated carbocycles. The molecule has 7 nitrogen and oxygen atoms in total. The molecule has 0 radical (unpaired) electrons. The molecule has 0 unspecified atom stereocenters. The molecule has 2 amide bonds. The van der Waals surface area contributed by atoms with Crippen LogP contribution in [-0.2, 0) is 9.59 Å². The molecule has 174 valence electrons. The van der Waals surface area contributed by atoms with E-state index in [4.69, 9.17) is 0 Å². The minimum Gasteiger partial charge on any atom is -0.619 e. The first-order chi connectivity index (χ1) is 16.2. The van der Waals surface area contributed by atoms with Crippen LogP contribution in [0.15, 0.2) is 66.7 Å². The van der Waals surface area contributed by atoms with E-state index in [1.54, 1.807) is 19.1 Å². The number of carbonyl (C=O) groups excluding carboxylic acids is 2. The van der Waals surface area contributed by atoms with E-state index in [1.165, 1.54) is 6.92 Å². The molecule has 2 atom stereocenters. The van der Waals surface area contributed by atoms with Crippen LogP contribution >= 0.6 is 0 Å². The summed E-state index contributed by atoms with van der Waals surface area (Å²) in [5.41, 5.74) is 5.94. The van der Waals surface area contributed by atoms with Crippen molar-refractivity contribution in [2.75, 3.05) is 15.5 Å². The van der Waals surface area contributed by atoms with Crippen LogP contribution in [0.25, 0.3) is 11.1 Å². The minimum atomic E-state index is -0.122. The maximum atomic E-state index is 12.5. The minimum absolute atomic E-state index is 0.00272. The largest absolute Gasteiger partial charge is 0.619 e. The fourth-order valence-corrected chi connectivity index (χ4v) is 4.57. The van der Waals surface area contributed by atoms with Gasteiger partial charge >= 0.3 is 0 Å². The highest BCUT2D eigenvalue weighted by atomic mass is 16.5. The summed E-state index contributed by atoms with van der Waals surface area (Å²) < 4.78 is 0.577. The number of hydrogen-bond acceptors (Lipinski definition) is 4. The van der Waals surface area contributed by atoms with Crippen molar-refractivity contribution in [1.82, 2.24) is 0 Å². The van der Waals surface area contributed by atoms with Gasteiger partial charge in [0.05, 0.1) is 6.04 Å². The summed E-state index contributed by atoms with van der Waals surface area (Å²) in [7, 11) is 0. The zero-order valence-electron chi connectivity index (χ0n) is 19.5. The van der Waals surface area contributed by atoms with Gasteiger partial charge in [0.15, 0.2) is 0 Å². The lowest BCUT2D eigenvalue weighted by Gasteiger charge is -2.39. The van der Waals surface area contributed by atoms with Gasteiger partial charge in [-0.3, -0.25) is 9.59 Å². The van der Waals surface area contributed by atoms with Crippen molar-refractivity contribution < 1.29 is 14.3 Å². The Labute approximate surface area is 199 Å². The number of carbonyl (C=O) groups is 2. The molecule has 1 heterocycles. The van der Waals surface area contributed by atoms with Crippen molar-refractivity contribution in [2.45, 2.75) is 39.3 Å². The quantitative estimate of drug-likeness (QED) is 0.231. The molecule has 3 aromatic carbocycles. The van der Waals surface area contributed by atoms with Gasteiger partial charge in [-0.15, -0.1) is 0 Å². The number of anilines is 3. The van der Waals surface area contributed by atoms with Crippen LogP contribution in [0.2, 0.25) is 0 Å². The van der Waals surface area contributed by atoms with Gasteiger partial charge in [0.25, 0.3) is 0 Å². The number of nitrogens with zero attached hydrogens (tertiary/aromatic N) is 2. The summed E-state index contributed by atoms with van der Waals surface area (Å²) in [6.07, 6.45) is 0.729. The molecule has 0 aromatic heterocycles. The Morgan fingerprint density at radius 1 is 1.00 bits per heavy atom. The Hall–Kier alpha value is -4.13. The molecule has 0 bridgehead atoms. The predicted molar refractivity (Wildman–Crippen MR) is 137 cm³/mol. The van der Waals surface area contributed by atoms with E-state index in [0.717, 1.165) is 40.2 Å². The third-order valence-corrected chi connectivity index (χ3v) is 6.03. The van der Waals surface area contributed by atoms with Crippen LogP contribution in [0.4, 0.5) is 22.7 Å². The van der Waals surface area contributed by atoms with E-state index in [9.17, 15) is 14.8 Å². The molecule has 0 aliphatic carbocycles. The third-order valence-electron chi connectivity index (χ3n) is 6.03. The molecule has 3 aromatic rings. The molecule has 7 heteroatoms. The lowest BCUT2D eigenvalue weighted by Crippen LogP contribution is -2.43. The molecule has 0 spiro atoms. The van der Waals surface area contributed by atoms with Crippen molar-refractivity contribution in [2.24, 2.45) is 0 Å². The van der Waals surface area contributed by atoms with Gasteiger partial charge in [0, 0.05) is 49.1 Å². The highest BCUT2D eigenvalue weighted by molar-refractivity contribution is 5.94. The fourth-order valence-electron chi connectivity index (χ4n) is 4.57. The molecule has 0 saturated heterocycles. The molecule has 1 aliphatic rings. The summed E-state index contributed by atoms with van der Waals surface area (Å²) >= 11 is 0. The van der Waals surface area contributed by atoms with Crippen LogP contribution in [0.5, 0.6) is 0 Å². The number of fused-ring (bicyclic) bond motifs is 1. The van der Waals surface area contributed by atoms with E-state index in [2.05, 4.69) is 23.4 Å². The SMILES string of the molecule is C=[N+]([O-])c1ccc(N[C@@H]2C[C@H](C)N(C(C)=O)c3ccc(-c4cccc(NC(C)=O)c4)cc32)cc1. The average molecular weight is 457 g/mol. The lowest BCUT2D eigenvalue weighted by atomic mass is 9.88. The number of nitrogens with one attached hydrogen (secondary N) is 2. The van der Waals surface area contributed by atoms with Crippen LogP contribution in [0.1, 0.15) is 38.8 Å². The molecule has 0 fully saturated rings. The fraction of sp³-hybridized carbons (Fsp3) is 0.222. The normalized spacial score (nSPS) is 17.0. The number of hydrogen-bond donors (Lipinski definition) is 2. The maximum absolute atomic E-state index is 12.5. The van der Waals surface area contributed by atoms with Gasteiger partial charge in [-0.2, -0.15) is 4.74 Å². The van der Waals surface area contributed by atoms with Gasteiger partial charge in [0.1, 0.15) is 6.72 Å². The van der Waals surface area contributed by atoms with Crippen LogP contribution in [0, 0.1) is 5.21 Å². The van der Waals surface area contributed by atoms with Crippen molar-refractivity contribution in [1.29, 1.82) is 0 Å². The predicted octanol–water partition coefficient (Wildman–Crippen LogP) is 5.45. The van der Waals surface area contributed by atoms with Gasteiger partial charge < -0.3 is 20.7 Å². The maximum Gasteiger partial charge on any atom is 0.224 e. The van der Waals surface area contributed by atoms with Crippen molar-refractivity contribution >= 4 is 41.3 Å². The van der Waals surface area contributed by atoms with E-state index in [-0.39, 0.29) is 23.9 Å². The van der Waals surface area contributed by atoms with E-state index < -0.39 is 0 Å². The summed E-state index contributed by atoms with van der Waals surface area (Å²) in [6, 6.07) is 20.9. The second kappa shape index (κ2) is 9.39. The number of rotatable bonds is 5. The van der Waals surface area contributed by atoms with Crippen molar-refractivity contribution in [3.63, 3.8) is 0 Å². The van der Waals surface area contributed by atoms with E-state index >= 15 is 0 Å². The smallest absolute Gasteiger partial charge is 0.224 e. The molecular weight excluding hydrogens is 428 g/mol. The standard InChI is InChI=1S/C27H28N4O3/c1-17-14-26(29-22-9-11-24(12-10-22)30(4)34)25-16-21(8-13-27(25)31(17)19(3)33)20-6-5-7-23(15-20)28-18(2)32/h5-13,15-17,26,29H,4,14H2,1-3H3,(H,28,32)/t17-,26+/m0/s1. The highest BCUT2D eigenvalue weighted by Crippen LogP contribution is 2.41. The zero-order valence-corrected chi connectivity index (χ0v) is 19.5. The van der Waals surface area contributed by atoms with Gasteiger partial charge in [-0.05, 0) is 66.4 Å². The summed E-state index contributed by atoms with van der Waals surface area (Å²) in [5.74, 6) is -0.120. The average Bonchev–Trinajstić information content (AvgIpc) is 2.78.